The first kappa shape index (κ1) is 14.2. The van der Waals surface area contributed by atoms with Crippen LogP contribution in [0.4, 0.5) is 0 Å². The number of hydrogen-bond acceptors (Lipinski definition) is 4. The Labute approximate surface area is 125 Å². The maximum absolute atomic E-state index is 6.05. The third-order valence-electron chi connectivity index (χ3n) is 4.30. The SMILES string of the molecule is CC1(C)OB(c2ccc(-c3cnccn3)cc2)OC1(C)C. The zero-order chi connectivity index (χ0) is 15.1. The van der Waals surface area contributed by atoms with Crippen molar-refractivity contribution in [1.82, 2.24) is 9.97 Å². The molecule has 1 saturated heterocycles. The Bertz CT molecular complexity index is 610. The highest BCUT2D eigenvalue weighted by Crippen LogP contribution is 2.36. The van der Waals surface area contributed by atoms with Gasteiger partial charge in [0.2, 0.25) is 0 Å². The van der Waals surface area contributed by atoms with Crippen molar-refractivity contribution in [2.75, 3.05) is 0 Å². The summed E-state index contributed by atoms with van der Waals surface area (Å²) < 4.78 is 12.1. The van der Waals surface area contributed by atoms with Gasteiger partial charge in [-0.2, -0.15) is 0 Å². The van der Waals surface area contributed by atoms with E-state index in [9.17, 15) is 0 Å². The van der Waals surface area contributed by atoms with Crippen molar-refractivity contribution in [3.05, 3.63) is 42.9 Å². The summed E-state index contributed by atoms with van der Waals surface area (Å²) >= 11 is 0. The molecule has 0 radical (unpaired) electrons. The Morgan fingerprint density at radius 2 is 1.52 bits per heavy atom. The van der Waals surface area contributed by atoms with Crippen LogP contribution in [-0.4, -0.2) is 28.3 Å². The smallest absolute Gasteiger partial charge is 0.399 e. The molecule has 3 rings (SSSR count). The predicted molar refractivity (Wildman–Crippen MR) is 83.2 cm³/mol. The standard InChI is InChI=1S/C16H19BN2O2/c1-15(2)16(3,4)21-17(20-15)13-7-5-12(6-8-13)14-11-18-9-10-19-14/h5-11H,1-4H3. The van der Waals surface area contributed by atoms with Gasteiger partial charge >= 0.3 is 7.12 Å². The zero-order valence-electron chi connectivity index (χ0n) is 12.8. The van der Waals surface area contributed by atoms with Crippen LogP contribution in [0.2, 0.25) is 0 Å². The topological polar surface area (TPSA) is 44.2 Å². The average molecular weight is 282 g/mol. The van der Waals surface area contributed by atoms with Crippen LogP contribution >= 0.6 is 0 Å². The molecule has 0 amide bonds. The highest BCUT2D eigenvalue weighted by atomic mass is 16.7. The molecule has 2 heterocycles. The lowest BCUT2D eigenvalue weighted by atomic mass is 9.79. The minimum absolute atomic E-state index is 0.318. The number of aromatic nitrogens is 2. The average Bonchev–Trinajstić information content (AvgIpc) is 2.69. The molecule has 0 bridgehead atoms. The molecule has 0 spiro atoms. The number of nitrogens with zero attached hydrogens (tertiary/aromatic N) is 2. The molecule has 0 saturated carbocycles. The van der Waals surface area contributed by atoms with E-state index in [1.807, 2.05) is 24.3 Å². The molecule has 0 aliphatic carbocycles. The van der Waals surface area contributed by atoms with Crippen LogP contribution in [0, 0.1) is 0 Å². The second kappa shape index (κ2) is 4.93. The van der Waals surface area contributed by atoms with Crippen molar-refractivity contribution in [2.24, 2.45) is 0 Å². The normalized spacial score (nSPS) is 19.7. The summed E-state index contributed by atoms with van der Waals surface area (Å²) in [5, 5.41) is 0. The summed E-state index contributed by atoms with van der Waals surface area (Å²) in [6, 6.07) is 8.08. The lowest BCUT2D eigenvalue weighted by molar-refractivity contribution is 0.00578. The van der Waals surface area contributed by atoms with Gasteiger partial charge in [-0.15, -0.1) is 0 Å². The molecule has 21 heavy (non-hydrogen) atoms. The van der Waals surface area contributed by atoms with E-state index >= 15 is 0 Å². The Kier molecular flexibility index (Phi) is 3.34. The fraction of sp³-hybridized carbons (Fsp3) is 0.375. The first-order chi connectivity index (χ1) is 9.89. The van der Waals surface area contributed by atoms with Crippen LogP contribution in [0.3, 0.4) is 0 Å². The summed E-state index contributed by atoms with van der Waals surface area (Å²) in [6.45, 7) is 8.23. The molecular formula is C16H19BN2O2. The Hall–Kier alpha value is -1.72. The molecule has 1 aliphatic rings. The highest BCUT2D eigenvalue weighted by Gasteiger charge is 2.51. The zero-order valence-corrected chi connectivity index (χ0v) is 12.8. The van der Waals surface area contributed by atoms with Gasteiger partial charge in [0.05, 0.1) is 23.1 Å². The molecule has 0 unspecified atom stereocenters. The fourth-order valence-electron chi connectivity index (χ4n) is 2.24. The molecule has 5 heteroatoms. The van der Waals surface area contributed by atoms with Gasteiger partial charge in [-0.25, -0.2) is 0 Å². The lowest BCUT2D eigenvalue weighted by Gasteiger charge is -2.32. The van der Waals surface area contributed by atoms with E-state index in [4.69, 9.17) is 9.31 Å². The van der Waals surface area contributed by atoms with Crippen molar-refractivity contribution in [2.45, 2.75) is 38.9 Å². The first-order valence-electron chi connectivity index (χ1n) is 7.11. The Morgan fingerprint density at radius 1 is 0.905 bits per heavy atom. The molecule has 2 aromatic rings. The van der Waals surface area contributed by atoms with Crippen molar-refractivity contribution >= 4 is 12.6 Å². The third kappa shape index (κ3) is 2.59. The van der Waals surface area contributed by atoms with Gasteiger partial charge in [-0.3, -0.25) is 9.97 Å². The molecular weight excluding hydrogens is 263 g/mol. The molecule has 1 aromatic carbocycles. The Balaban J connectivity index is 1.83. The summed E-state index contributed by atoms with van der Waals surface area (Å²) in [6.07, 6.45) is 5.11. The van der Waals surface area contributed by atoms with Crippen LogP contribution in [0.15, 0.2) is 42.9 Å². The van der Waals surface area contributed by atoms with E-state index in [2.05, 4.69) is 37.7 Å². The van der Waals surface area contributed by atoms with Crippen molar-refractivity contribution in [3.8, 4) is 11.3 Å². The largest absolute Gasteiger partial charge is 0.494 e. The van der Waals surface area contributed by atoms with Crippen molar-refractivity contribution in [3.63, 3.8) is 0 Å². The summed E-state index contributed by atoms with van der Waals surface area (Å²) in [4.78, 5) is 8.38. The second-order valence-corrected chi connectivity index (χ2v) is 6.30. The minimum atomic E-state index is -0.328. The maximum Gasteiger partial charge on any atom is 0.494 e. The van der Waals surface area contributed by atoms with E-state index in [0.29, 0.717) is 0 Å². The Morgan fingerprint density at radius 3 is 2.05 bits per heavy atom. The van der Waals surface area contributed by atoms with Gasteiger partial charge < -0.3 is 9.31 Å². The van der Waals surface area contributed by atoms with E-state index < -0.39 is 0 Å². The minimum Gasteiger partial charge on any atom is -0.399 e. The summed E-state index contributed by atoms with van der Waals surface area (Å²) in [5.41, 5.74) is 2.27. The molecule has 1 fully saturated rings. The summed E-state index contributed by atoms with van der Waals surface area (Å²) in [7, 11) is -0.328. The number of hydrogen-bond donors (Lipinski definition) is 0. The predicted octanol–water partition coefficient (Wildman–Crippen LogP) is 2.44. The van der Waals surface area contributed by atoms with E-state index in [1.165, 1.54) is 0 Å². The molecule has 108 valence electrons. The quantitative estimate of drug-likeness (QED) is 0.794. The fourth-order valence-corrected chi connectivity index (χ4v) is 2.24. The van der Waals surface area contributed by atoms with E-state index in [-0.39, 0.29) is 18.3 Å². The maximum atomic E-state index is 6.05. The van der Waals surface area contributed by atoms with Gasteiger partial charge in [0, 0.05) is 18.0 Å². The lowest BCUT2D eigenvalue weighted by Crippen LogP contribution is -2.41. The molecule has 4 nitrogen and oxygen atoms in total. The van der Waals surface area contributed by atoms with E-state index in [1.54, 1.807) is 18.6 Å². The van der Waals surface area contributed by atoms with Crippen molar-refractivity contribution < 1.29 is 9.31 Å². The number of benzene rings is 1. The van der Waals surface area contributed by atoms with Crippen LogP contribution < -0.4 is 5.46 Å². The molecule has 0 atom stereocenters. The van der Waals surface area contributed by atoms with Crippen LogP contribution in [-0.2, 0) is 9.31 Å². The molecule has 1 aromatic heterocycles. The van der Waals surface area contributed by atoms with Gasteiger partial charge in [-0.05, 0) is 33.2 Å². The highest BCUT2D eigenvalue weighted by molar-refractivity contribution is 6.62. The van der Waals surface area contributed by atoms with E-state index in [0.717, 1.165) is 16.7 Å². The molecule has 1 aliphatic heterocycles. The van der Waals surface area contributed by atoms with Crippen LogP contribution in [0.1, 0.15) is 27.7 Å². The molecule has 0 N–H and O–H groups in total. The summed E-state index contributed by atoms with van der Waals surface area (Å²) in [5.74, 6) is 0. The van der Waals surface area contributed by atoms with Crippen LogP contribution in [0.5, 0.6) is 0 Å². The van der Waals surface area contributed by atoms with Gasteiger partial charge in [0.1, 0.15) is 0 Å². The second-order valence-electron chi connectivity index (χ2n) is 6.30. The van der Waals surface area contributed by atoms with Gasteiger partial charge in [0.25, 0.3) is 0 Å². The van der Waals surface area contributed by atoms with Gasteiger partial charge in [-0.1, -0.05) is 24.3 Å². The first-order valence-corrected chi connectivity index (χ1v) is 7.11. The van der Waals surface area contributed by atoms with Crippen molar-refractivity contribution in [1.29, 1.82) is 0 Å². The third-order valence-corrected chi connectivity index (χ3v) is 4.30. The van der Waals surface area contributed by atoms with Crippen LogP contribution in [0.25, 0.3) is 11.3 Å². The number of rotatable bonds is 2. The monoisotopic (exact) mass is 282 g/mol. The van der Waals surface area contributed by atoms with Gasteiger partial charge in [0.15, 0.2) is 0 Å².